The maximum absolute atomic E-state index is 12.9. The van der Waals surface area contributed by atoms with Gasteiger partial charge in [0.2, 0.25) is 0 Å². The Kier molecular flexibility index (Phi) is 7.32. The third-order valence-corrected chi connectivity index (χ3v) is 7.54. The molecule has 2 amide bonds. The minimum absolute atomic E-state index is 0.0401. The van der Waals surface area contributed by atoms with Crippen LogP contribution in [0.4, 0.5) is 10.5 Å². The number of para-hydroxylation sites is 1. The summed E-state index contributed by atoms with van der Waals surface area (Å²) in [6.45, 7) is 1.57. The van der Waals surface area contributed by atoms with E-state index in [9.17, 15) is 28.1 Å². The lowest BCUT2D eigenvalue weighted by Crippen LogP contribution is -2.27. The van der Waals surface area contributed by atoms with Gasteiger partial charge in [0.15, 0.2) is 11.5 Å². The molecule has 1 heterocycles. The molecule has 0 aromatic heterocycles. The summed E-state index contributed by atoms with van der Waals surface area (Å²) in [6, 6.07) is 16.4. The van der Waals surface area contributed by atoms with Crippen LogP contribution in [0.5, 0.6) is 11.5 Å². The smallest absolute Gasteiger partial charge is 0.339 e. The molecule has 1 fully saturated rings. The van der Waals surface area contributed by atoms with Gasteiger partial charge in [-0.1, -0.05) is 42.0 Å². The molecular formula is C25H20N2O8S2. The summed E-state index contributed by atoms with van der Waals surface area (Å²) in [4.78, 5) is 37.2. The monoisotopic (exact) mass is 540 g/mol. The van der Waals surface area contributed by atoms with Crippen LogP contribution in [0.25, 0.3) is 6.08 Å². The second-order valence-electron chi connectivity index (χ2n) is 7.91. The highest BCUT2D eigenvalue weighted by atomic mass is 32.2. The second-order valence-corrected chi connectivity index (χ2v) is 10.5. The number of nitrogens with zero attached hydrogens (tertiary/aromatic N) is 2. The molecule has 0 aliphatic carbocycles. The van der Waals surface area contributed by atoms with Crippen molar-refractivity contribution in [3.8, 4) is 11.5 Å². The van der Waals surface area contributed by atoms with E-state index < -0.39 is 26.2 Å². The lowest BCUT2D eigenvalue weighted by molar-refractivity contribution is -0.385. The van der Waals surface area contributed by atoms with Gasteiger partial charge in [-0.3, -0.25) is 24.6 Å². The molecule has 0 bridgehead atoms. The number of amides is 2. The maximum Gasteiger partial charge on any atom is 0.339 e. The number of hydrogen-bond acceptors (Lipinski definition) is 9. The van der Waals surface area contributed by atoms with E-state index in [1.54, 1.807) is 24.3 Å². The highest BCUT2D eigenvalue weighted by Gasteiger charge is 2.36. The van der Waals surface area contributed by atoms with Gasteiger partial charge >= 0.3 is 10.1 Å². The Morgan fingerprint density at radius 2 is 1.73 bits per heavy atom. The van der Waals surface area contributed by atoms with Crippen molar-refractivity contribution in [2.24, 2.45) is 0 Å². The summed E-state index contributed by atoms with van der Waals surface area (Å²) >= 11 is 0.676. The predicted octanol–water partition coefficient (Wildman–Crippen LogP) is 4.92. The van der Waals surface area contributed by atoms with Crippen molar-refractivity contribution in [2.75, 3.05) is 7.11 Å². The molecule has 10 nitrogen and oxygen atoms in total. The van der Waals surface area contributed by atoms with Gasteiger partial charge in [-0.2, -0.15) is 8.42 Å². The molecule has 1 aliphatic heterocycles. The van der Waals surface area contributed by atoms with Crippen LogP contribution >= 0.6 is 11.8 Å². The number of carbonyl (C=O) groups is 2. The number of hydrogen-bond donors (Lipinski definition) is 0. The van der Waals surface area contributed by atoms with Gasteiger partial charge in [0.25, 0.3) is 16.8 Å². The number of carbonyl (C=O) groups excluding carboxylic acids is 2. The number of imide groups is 1. The average Bonchev–Trinajstić information content (AvgIpc) is 3.11. The standard InChI is InChI=1S/C25H20N2O8S2/c1-16-7-10-19(11-8-16)37(32,33)35-22-13-17(9-12-21(22)34-2)14-23-24(28)26(25(29)36-23)15-18-5-3-4-6-20(18)27(30)31/h3-14H,15H2,1-2H3/b23-14-. The molecule has 3 aromatic rings. The predicted molar refractivity (Wildman–Crippen MR) is 137 cm³/mol. The van der Waals surface area contributed by atoms with Crippen LogP contribution in [0.1, 0.15) is 16.7 Å². The Labute approximate surface area is 216 Å². The number of thioether (sulfide) groups is 1. The first-order chi connectivity index (χ1) is 17.6. The largest absolute Gasteiger partial charge is 0.493 e. The lowest BCUT2D eigenvalue weighted by atomic mass is 10.1. The van der Waals surface area contributed by atoms with Gasteiger partial charge in [-0.15, -0.1) is 0 Å². The van der Waals surface area contributed by atoms with Crippen LogP contribution < -0.4 is 8.92 Å². The van der Waals surface area contributed by atoms with Crippen molar-refractivity contribution in [1.82, 2.24) is 4.90 Å². The van der Waals surface area contributed by atoms with E-state index in [4.69, 9.17) is 8.92 Å². The first-order valence-electron chi connectivity index (χ1n) is 10.8. The minimum atomic E-state index is -4.17. The molecule has 37 heavy (non-hydrogen) atoms. The second kappa shape index (κ2) is 10.4. The van der Waals surface area contributed by atoms with E-state index in [0.29, 0.717) is 17.3 Å². The average molecular weight is 541 g/mol. The molecule has 12 heteroatoms. The molecule has 1 aliphatic rings. The first kappa shape index (κ1) is 25.9. The van der Waals surface area contributed by atoms with Crippen LogP contribution in [-0.2, 0) is 21.5 Å². The van der Waals surface area contributed by atoms with E-state index in [-0.39, 0.29) is 39.1 Å². The molecule has 190 valence electrons. The third kappa shape index (κ3) is 5.65. The van der Waals surface area contributed by atoms with Crippen LogP contribution in [0.15, 0.2) is 76.5 Å². The fourth-order valence-electron chi connectivity index (χ4n) is 3.50. The minimum Gasteiger partial charge on any atom is -0.493 e. The van der Waals surface area contributed by atoms with Crippen molar-refractivity contribution in [3.05, 3.63) is 98.4 Å². The van der Waals surface area contributed by atoms with Crippen molar-refractivity contribution < 1.29 is 31.9 Å². The zero-order chi connectivity index (χ0) is 26.7. The van der Waals surface area contributed by atoms with Gasteiger partial charge < -0.3 is 8.92 Å². The van der Waals surface area contributed by atoms with Gasteiger partial charge in [0.1, 0.15) is 4.90 Å². The molecule has 0 atom stereocenters. The number of ether oxygens (including phenoxy) is 1. The Hall–Kier alpha value is -4.16. The SMILES string of the molecule is COc1ccc(/C=C2\SC(=O)N(Cc3ccccc3[N+](=O)[O-])C2=O)cc1OS(=O)(=O)c1ccc(C)cc1. The number of aryl methyl sites for hydroxylation is 1. The third-order valence-electron chi connectivity index (χ3n) is 5.38. The Morgan fingerprint density at radius 3 is 2.41 bits per heavy atom. The Bertz CT molecular complexity index is 1530. The summed E-state index contributed by atoms with van der Waals surface area (Å²) in [5, 5.41) is 10.7. The van der Waals surface area contributed by atoms with E-state index in [0.717, 1.165) is 10.5 Å². The first-order valence-corrected chi connectivity index (χ1v) is 13.0. The summed E-state index contributed by atoms with van der Waals surface area (Å²) < 4.78 is 36.1. The highest BCUT2D eigenvalue weighted by Crippen LogP contribution is 2.36. The molecule has 0 saturated carbocycles. The van der Waals surface area contributed by atoms with Gasteiger partial charge in [-0.05, 0) is 54.6 Å². The topological polar surface area (TPSA) is 133 Å². The summed E-state index contributed by atoms with van der Waals surface area (Å²) in [5.41, 5.74) is 1.29. The highest BCUT2D eigenvalue weighted by molar-refractivity contribution is 8.18. The van der Waals surface area contributed by atoms with E-state index in [1.165, 1.54) is 55.7 Å². The molecular weight excluding hydrogens is 520 g/mol. The fourth-order valence-corrected chi connectivity index (χ4v) is 5.27. The number of methoxy groups -OCH3 is 1. The molecule has 0 unspecified atom stereocenters. The van der Waals surface area contributed by atoms with E-state index in [2.05, 4.69) is 0 Å². The molecule has 0 radical (unpaired) electrons. The van der Waals surface area contributed by atoms with Crippen molar-refractivity contribution >= 4 is 44.8 Å². The van der Waals surface area contributed by atoms with Gasteiger partial charge in [-0.25, -0.2) is 0 Å². The molecule has 1 saturated heterocycles. The van der Waals surface area contributed by atoms with E-state index in [1.807, 2.05) is 6.92 Å². The molecule has 4 rings (SSSR count). The van der Waals surface area contributed by atoms with Crippen molar-refractivity contribution in [3.63, 3.8) is 0 Å². The van der Waals surface area contributed by atoms with Gasteiger partial charge in [0, 0.05) is 11.6 Å². The summed E-state index contributed by atoms with van der Waals surface area (Å²) in [6.07, 6.45) is 1.41. The number of rotatable bonds is 8. The van der Waals surface area contributed by atoms with Crippen LogP contribution in [0, 0.1) is 17.0 Å². The quantitative estimate of drug-likeness (QED) is 0.169. The molecule has 0 spiro atoms. The van der Waals surface area contributed by atoms with Crippen molar-refractivity contribution in [1.29, 1.82) is 0 Å². The summed E-state index contributed by atoms with van der Waals surface area (Å²) in [5.74, 6) is -0.577. The normalized spacial score (nSPS) is 14.8. The number of benzene rings is 3. The summed E-state index contributed by atoms with van der Waals surface area (Å²) in [7, 11) is -2.82. The number of nitro groups is 1. The Balaban J connectivity index is 1.60. The molecule has 3 aromatic carbocycles. The fraction of sp³-hybridized carbons (Fsp3) is 0.120. The zero-order valence-electron chi connectivity index (χ0n) is 19.6. The van der Waals surface area contributed by atoms with E-state index >= 15 is 0 Å². The Morgan fingerprint density at radius 1 is 1.03 bits per heavy atom. The van der Waals surface area contributed by atoms with Gasteiger partial charge in [0.05, 0.1) is 23.5 Å². The maximum atomic E-state index is 12.9. The number of nitro benzene ring substituents is 1. The van der Waals surface area contributed by atoms with Crippen molar-refractivity contribution in [2.45, 2.75) is 18.4 Å². The van der Waals surface area contributed by atoms with Crippen LogP contribution in [0.2, 0.25) is 0 Å². The van der Waals surface area contributed by atoms with Crippen LogP contribution in [-0.4, -0.2) is 36.5 Å². The lowest BCUT2D eigenvalue weighted by Gasteiger charge is -2.13. The van der Waals surface area contributed by atoms with Crippen LogP contribution in [0.3, 0.4) is 0 Å². The zero-order valence-corrected chi connectivity index (χ0v) is 21.2. The molecule has 0 N–H and O–H groups in total.